The van der Waals surface area contributed by atoms with Gasteiger partial charge < -0.3 is 36.3 Å². The number of nitrogens with one attached hydrogen (secondary N) is 1. The average molecular weight is 440 g/mol. The molecule has 0 aliphatic carbocycles. The van der Waals surface area contributed by atoms with E-state index in [1.807, 2.05) is 22.6 Å². The summed E-state index contributed by atoms with van der Waals surface area (Å²) in [4.78, 5) is 10.4. The predicted octanol–water partition coefficient (Wildman–Crippen LogP) is -0.998. The summed E-state index contributed by atoms with van der Waals surface area (Å²) in [6.45, 7) is -0.882. The lowest BCUT2D eigenvalue weighted by Gasteiger charge is -2.38. The summed E-state index contributed by atoms with van der Waals surface area (Å²) < 4.78 is 0.775. The Morgan fingerprint density at radius 2 is 2.05 bits per heavy atom. The molecule has 0 aromatic heterocycles. The first-order chi connectivity index (χ1) is 10.3. The van der Waals surface area contributed by atoms with Crippen molar-refractivity contribution in [1.82, 2.24) is 0 Å². The molecule has 1 rings (SSSR count). The molecule has 0 saturated carbocycles. The van der Waals surface area contributed by atoms with Crippen molar-refractivity contribution in [3.8, 4) is 0 Å². The number of nitrogens with two attached hydrogens (primary N) is 1. The van der Waals surface area contributed by atoms with Crippen molar-refractivity contribution >= 4 is 51.8 Å². The van der Waals surface area contributed by atoms with Gasteiger partial charge in [0.1, 0.15) is 23.5 Å². The number of carbonyl (C=O) groups is 1. The van der Waals surface area contributed by atoms with Gasteiger partial charge in [0.2, 0.25) is 0 Å². The molecule has 22 heavy (non-hydrogen) atoms. The van der Waals surface area contributed by atoms with E-state index in [4.69, 9.17) is 23.1 Å². The van der Waals surface area contributed by atoms with E-state index >= 15 is 0 Å². The summed E-state index contributed by atoms with van der Waals surface area (Å²) in [5.41, 5.74) is 3.44. The highest BCUT2D eigenvalue weighted by Gasteiger charge is 2.49. The average Bonchev–Trinajstić information content (AvgIpc) is 2.53. The Kier molecular flexibility index (Phi) is 7.25. The molecular formula is C13H17IN2O5S. The van der Waals surface area contributed by atoms with Gasteiger partial charge in [0.25, 0.3) is 0 Å². The smallest absolute Gasteiger partial charge is 0.170 e. The number of para-hydroxylation sites is 1. The number of carbonyl (C=O) groups excluding carboxylic acids is 1. The third kappa shape index (κ3) is 3.98. The maximum absolute atomic E-state index is 10.7. The summed E-state index contributed by atoms with van der Waals surface area (Å²) in [6.07, 6.45) is -3.50. The van der Waals surface area contributed by atoms with Crippen LogP contribution in [0.2, 0.25) is 0 Å². The van der Waals surface area contributed by atoms with Gasteiger partial charge >= 0.3 is 0 Å². The van der Waals surface area contributed by atoms with Crippen LogP contribution in [0.15, 0.2) is 24.3 Å². The molecule has 122 valence electrons. The van der Waals surface area contributed by atoms with E-state index in [2.05, 4.69) is 5.32 Å². The Morgan fingerprint density at radius 3 is 2.55 bits per heavy atom. The molecule has 7 N–H and O–H groups in total. The number of rotatable bonds is 7. The van der Waals surface area contributed by atoms with E-state index in [1.54, 1.807) is 24.3 Å². The van der Waals surface area contributed by atoms with E-state index in [9.17, 15) is 20.1 Å². The van der Waals surface area contributed by atoms with Crippen molar-refractivity contribution in [3.63, 3.8) is 0 Å². The molecule has 0 aliphatic heterocycles. The molecule has 0 radical (unpaired) electrons. The fourth-order valence-electron chi connectivity index (χ4n) is 1.77. The predicted molar refractivity (Wildman–Crippen MR) is 93.5 cm³/mol. The number of aliphatic hydroxyl groups is 4. The summed E-state index contributed by atoms with van der Waals surface area (Å²) in [7, 11) is 0. The lowest BCUT2D eigenvalue weighted by atomic mass is 9.86. The number of anilines is 1. The van der Waals surface area contributed by atoms with Crippen molar-refractivity contribution in [3.05, 3.63) is 27.8 Å². The van der Waals surface area contributed by atoms with Crippen LogP contribution in [0, 0.1) is 3.57 Å². The van der Waals surface area contributed by atoms with Crippen LogP contribution in [0.4, 0.5) is 5.69 Å². The van der Waals surface area contributed by atoms with E-state index in [1.165, 1.54) is 0 Å². The largest absolute Gasteiger partial charge is 0.394 e. The highest BCUT2D eigenvalue weighted by molar-refractivity contribution is 14.1. The van der Waals surface area contributed by atoms with Crippen molar-refractivity contribution in [2.45, 2.75) is 23.9 Å². The molecule has 0 aliphatic rings. The Bertz CT molecular complexity index is 547. The Labute approximate surface area is 146 Å². The molecule has 0 heterocycles. The zero-order valence-corrected chi connectivity index (χ0v) is 14.4. The second kappa shape index (κ2) is 8.24. The normalized spacial score (nSPS) is 17.9. The highest BCUT2D eigenvalue weighted by atomic mass is 127. The quantitative estimate of drug-likeness (QED) is 0.181. The molecular weight excluding hydrogens is 423 g/mol. The maximum atomic E-state index is 10.7. The first-order valence-corrected chi connectivity index (χ1v) is 7.73. The van der Waals surface area contributed by atoms with Gasteiger partial charge in [0, 0.05) is 3.57 Å². The minimum atomic E-state index is -2.48. The van der Waals surface area contributed by atoms with Gasteiger partial charge in [0.15, 0.2) is 5.60 Å². The summed E-state index contributed by atoms with van der Waals surface area (Å²) in [5, 5.41) is 42.3. The van der Waals surface area contributed by atoms with Crippen LogP contribution in [-0.4, -0.2) is 62.2 Å². The summed E-state index contributed by atoms with van der Waals surface area (Å²) in [6, 6.07) is 5.48. The highest BCUT2D eigenvalue weighted by Crippen LogP contribution is 2.24. The molecule has 0 unspecified atom stereocenters. The van der Waals surface area contributed by atoms with Crippen LogP contribution in [0.5, 0.6) is 0 Å². The molecule has 7 nitrogen and oxygen atoms in total. The van der Waals surface area contributed by atoms with E-state index in [-0.39, 0.29) is 11.3 Å². The Hall–Kier alpha value is -0.690. The Balaban J connectivity index is 3.14. The van der Waals surface area contributed by atoms with Gasteiger partial charge in [-0.05, 0) is 34.7 Å². The van der Waals surface area contributed by atoms with Crippen molar-refractivity contribution in [1.29, 1.82) is 0 Å². The number of halogens is 1. The van der Waals surface area contributed by atoms with E-state index in [0.29, 0.717) is 5.69 Å². The molecule has 0 amide bonds. The van der Waals surface area contributed by atoms with Crippen LogP contribution in [0.1, 0.15) is 0 Å². The fourth-order valence-corrected chi connectivity index (χ4v) is 2.66. The van der Waals surface area contributed by atoms with E-state index in [0.717, 1.165) is 3.57 Å². The molecule has 0 spiro atoms. The number of benzene rings is 1. The van der Waals surface area contributed by atoms with Crippen LogP contribution >= 0.6 is 34.8 Å². The van der Waals surface area contributed by atoms with Crippen molar-refractivity contribution in [2.24, 2.45) is 5.73 Å². The van der Waals surface area contributed by atoms with Gasteiger partial charge in [-0.1, -0.05) is 24.4 Å². The van der Waals surface area contributed by atoms with Crippen LogP contribution in [-0.2, 0) is 4.79 Å². The number of aliphatic hydroxyl groups excluding tert-OH is 3. The molecule has 0 bridgehead atoms. The third-order valence-corrected chi connectivity index (χ3v) is 4.51. The molecule has 1 aromatic carbocycles. The SMILES string of the molecule is N[C@@H](C=O)[C@@H](O)[C@@](O)(C(=S)Nc1ccccc1I)[C@H](O)CO. The minimum Gasteiger partial charge on any atom is -0.394 e. The maximum Gasteiger partial charge on any atom is 0.170 e. The topological polar surface area (TPSA) is 136 Å². The van der Waals surface area contributed by atoms with Crippen molar-refractivity contribution in [2.75, 3.05) is 11.9 Å². The summed E-state index contributed by atoms with van der Waals surface area (Å²) >= 11 is 7.08. The van der Waals surface area contributed by atoms with Gasteiger partial charge in [-0.15, -0.1) is 0 Å². The standard InChI is InChI=1S/C13H17IN2O5S/c14-7-3-1-2-4-9(7)16-12(22)13(21,10(19)6-18)11(20)8(15)5-17/h1-5,8,10-11,18-21H,6,15H2,(H,16,22)/t8-,10+,11+,13+/m0/s1. The first-order valence-electron chi connectivity index (χ1n) is 6.25. The van der Waals surface area contributed by atoms with Gasteiger partial charge in [-0.2, -0.15) is 0 Å². The Morgan fingerprint density at radius 1 is 1.45 bits per heavy atom. The number of hydrogen-bond acceptors (Lipinski definition) is 7. The van der Waals surface area contributed by atoms with Crippen LogP contribution in [0.25, 0.3) is 0 Å². The van der Waals surface area contributed by atoms with Gasteiger partial charge in [-0.25, -0.2) is 0 Å². The lowest BCUT2D eigenvalue weighted by Crippen LogP contribution is -2.65. The number of hydrogen-bond donors (Lipinski definition) is 6. The molecule has 0 fully saturated rings. The minimum absolute atomic E-state index is 0.217. The van der Waals surface area contributed by atoms with Gasteiger partial charge in [-0.3, -0.25) is 0 Å². The zero-order valence-electron chi connectivity index (χ0n) is 11.4. The molecule has 9 heteroatoms. The molecule has 1 aromatic rings. The molecule has 0 saturated heterocycles. The molecule has 4 atom stereocenters. The van der Waals surface area contributed by atoms with E-state index < -0.39 is 30.5 Å². The summed E-state index contributed by atoms with van der Waals surface area (Å²) in [5.74, 6) is 0. The lowest BCUT2D eigenvalue weighted by molar-refractivity contribution is -0.131. The van der Waals surface area contributed by atoms with Crippen LogP contribution in [0.3, 0.4) is 0 Å². The van der Waals surface area contributed by atoms with Gasteiger partial charge in [0.05, 0.1) is 18.3 Å². The second-order valence-electron chi connectivity index (χ2n) is 4.62. The number of aldehydes is 1. The van der Waals surface area contributed by atoms with Crippen LogP contribution < -0.4 is 11.1 Å². The fraction of sp³-hybridized carbons (Fsp3) is 0.385. The zero-order chi connectivity index (χ0) is 16.9. The number of thiocarbonyl (C=S) groups is 1. The monoisotopic (exact) mass is 440 g/mol. The first kappa shape index (κ1) is 19.4. The second-order valence-corrected chi connectivity index (χ2v) is 6.19. The third-order valence-electron chi connectivity index (χ3n) is 3.14. The van der Waals surface area contributed by atoms with Crippen molar-refractivity contribution < 1.29 is 25.2 Å².